The summed E-state index contributed by atoms with van der Waals surface area (Å²) in [7, 11) is 1.57. The number of nitrogens with two attached hydrogens (primary N) is 1. The fraction of sp³-hybridized carbons (Fsp3) is 0.500. The zero-order valence-corrected chi connectivity index (χ0v) is 10.8. The van der Waals surface area contributed by atoms with E-state index < -0.39 is 5.54 Å². The number of methoxy groups -OCH3 is 1. The molecule has 0 aromatic heterocycles. The van der Waals surface area contributed by atoms with E-state index in [0.717, 1.165) is 25.7 Å². The normalized spacial score (nSPS) is 18.8. The molecule has 0 saturated heterocycles. The number of rotatable bonds is 2. The molecule has 1 aliphatic carbocycles. The molecule has 0 amide bonds. The van der Waals surface area contributed by atoms with E-state index >= 15 is 0 Å². The van der Waals surface area contributed by atoms with E-state index in [4.69, 9.17) is 10.5 Å². The van der Waals surface area contributed by atoms with Gasteiger partial charge in [-0.05, 0) is 40.9 Å². The Bertz CT molecular complexity index is 402. The molecule has 1 aromatic carbocycles. The SMILES string of the molecule is COc1cc(Br)c(F)c(C2(N)CCCC2)c1. The Morgan fingerprint density at radius 2 is 2.00 bits per heavy atom. The molecule has 2 nitrogen and oxygen atoms in total. The molecule has 0 heterocycles. The smallest absolute Gasteiger partial charge is 0.142 e. The zero-order valence-electron chi connectivity index (χ0n) is 9.22. The van der Waals surface area contributed by atoms with Crippen molar-refractivity contribution in [2.24, 2.45) is 5.73 Å². The summed E-state index contributed by atoms with van der Waals surface area (Å²) in [6.45, 7) is 0. The van der Waals surface area contributed by atoms with Gasteiger partial charge in [-0.15, -0.1) is 0 Å². The third-order valence-electron chi connectivity index (χ3n) is 3.27. The summed E-state index contributed by atoms with van der Waals surface area (Å²) in [5.41, 5.74) is 6.30. The molecule has 2 N–H and O–H groups in total. The molecule has 1 aromatic rings. The first-order valence-electron chi connectivity index (χ1n) is 5.39. The van der Waals surface area contributed by atoms with Crippen molar-refractivity contribution in [1.82, 2.24) is 0 Å². The van der Waals surface area contributed by atoms with Crippen LogP contribution < -0.4 is 10.5 Å². The minimum absolute atomic E-state index is 0.259. The number of halogens is 2. The number of benzene rings is 1. The van der Waals surface area contributed by atoms with Crippen molar-refractivity contribution >= 4 is 15.9 Å². The lowest BCUT2D eigenvalue weighted by Crippen LogP contribution is -2.34. The second-order valence-electron chi connectivity index (χ2n) is 4.33. The Balaban J connectivity index is 2.50. The maximum atomic E-state index is 14.0. The minimum atomic E-state index is -0.527. The van der Waals surface area contributed by atoms with Crippen molar-refractivity contribution in [3.8, 4) is 5.75 Å². The maximum absolute atomic E-state index is 14.0. The number of hydrogen-bond donors (Lipinski definition) is 1. The van der Waals surface area contributed by atoms with E-state index in [0.29, 0.717) is 15.8 Å². The van der Waals surface area contributed by atoms with Crippen molar-refractivity contribution in [1.29, 1.82) is 0 Å². The Labute approximate surface area is 103 Å². The third-order valence-corrected chi connectivity index (χ3v) is 3.85. The molecule has 16 heavy (non-hydrogen) atoms. The van der Waals surface area contributed by atoms with Crippen LogP contribution in [0.2, 0.25) is 0 Å². The number of ether oxygens (including phenoxy) is 1. The Morgan fingerprint density at radius 3 is 2.56 bits per heavy atom. The van der Waals surface area contributed by atoms with Gasteiger partial charge >= 0.3 is 0 Å². The zero-order chi connectivity index (χ0) is 11.8. The van der Waals surface area contributed by atoms with Gasteiger partial charge in [0.15, 0.2) is 0 Å². The van der Waals surface area contributed by atoms with Crippen LogP contribution in [0.25, 0.3) is 0 Å². The first kappa shape index (κ1) is 11.9. The van der Waals surface area contributed by atoms with Crippen LogP contribution in [0.1, 0.15) is 31.2 Å². The van der Waals surface area contributed by atoms with E-state index in [2.05, 4.69) is 15.9 Å². The van der Waals surface area contributed by atoms with Gasteiger partial charge in [-0.2, -0.15) is 0 Å². The minimum Gasteiger partial charge on any atom is -0.497 e. The van der Waals surface area contributed by atoms with E-state index in [9.17, 15) is 4.39 Å². The van der Waals surface area contributed by atoms with Crippen LogP contribution in [-0.4, -0.2) is 7.11 Å². The predicted octanol–water partition coefficient (Wildman–Crippen LogP) is 3.32. The first-order chi connectivity index (χ1) is 7.57. The molecule has 4 heteroatoms. The van der Waals surface area contributed by atoms with Crippen molar-refractivity contribution in [3.63, 3.8) is 0 Å². The van der Waals surface area contributed by atoms with Gasteiger partial charge in [-0.1, -0.05) is 12.8 Å². The van der Waals surface area contributed by atoms with Crippen LogP contribution in [0.4, 0.5) is 4.39 Å². The molecular formula is C12H15BrFNO. The summed E-state index contributed by atoms with van der Waals surface area (Å²) < 4.78 is 19.6. The van der Waals surface area contributed by atoms with Gasteiger partial charge in [0.25, 0.3) is 0 Å². The average Bonchev–Trinajstić information content (AvgIpc) is 2.70. The predicted molar refractivity (Wildman–Crippen MR) is 65.0 cm³/mol. The van der Waals surface area contributed by atoms with Gasteiger partial charge in [0.05, 0.1) is 11.6 Å². The lowest BCUT2D eigenvalue weighted by Gasteiger charge is -2.25. The van der Waals surface area contributed by atoms with Crippen molar-refractivity contribution in [2.45, 2.75) is 31.2 Å². The van der Waals surface area contributed by atoms with E-state index in [1.807, 2.05) is 0 Å². The lowest BCUT2D eigenvalue weighted by molar-refractivity contribution is 0.399. The van der Waals surface area contributed by atoms with Crippen LogP contribution >= 0.6 is 15.9 Å². The standard InChI is InChI=1S/C12H15BrFNO/c1-16-8-6-9(11(14)10(13)7-8)12(15)4-2-3-5-12/h6-7H,2-5,15H2,1H3. The summed E-state index contributed by atoms with van der Waals surface area (Å²) in [5, 5.41) is 0. The fourth-order valence-corrected chi connectivity index (χ4v) is 2.76. The van der Waals surface area contributed by atoms with Crippen molar-refractivity contribution in [3.05, 3.63) is 28.0 Å². The highest BCUT2D eigenvalue weighted by molar-refractivity contribution is 9.10. The molecule has 0 bridgehead atoms. The Hall–Kier alpha value is -0.610. The van der Waals surface area contributed by atoms with Crippen LogP contribution in [0.5, 0.6) is 5.75 Å². The Kier molecular flexibility index (Phi) is 3.22. The highest BCUT2D eigenvalue weighted by Gasteiger charge is 2.34. The highest BCUT2D eigenvalue weighted by Crippen LogP contribution is 2.40. The van der Waals surface area contributed by atoms with Crippen LogP contribution in [0.3, 0.4) is 0 Å². The van der Waals surface area contributed by atoms with Crippen molar-refractivity contribution < 1.29 is 9.13 Å². The maximum Gasteiger partial charge on any atom is 0.142 e. The number of hydrogen-bond acceptors (Lipinski definition) is 2. The van der Waals surface area contributed by atoms with Crippen molar-refractivity contribution in [2.75, 3.05) is 7.11 Å². The molecule has 1 fully saturated rings. The largest absolute Gasteiger partial charge is 0.497 e. The second-order valence-corrected chi connectivity index (χ2v) is 5.19. The molecule has 1 saturated carbocycles. The van der Waals surface area contributed by atoms with Gasteiger partial charge in [-0.25, -0.2) is 4.39 Å². The molecular weight excluding hydrogens is 273 g/mol. The van der Waals surface area contributed by atoms with Gasteiger partial charge in [-0.3, -0.25) is 0 Å². The molecule has 0 atom stereocenters. The van der Waals surface area contributed by atoms with Crippen LogP contribution in [0, 0.1) is 5.82 Å². The summed E-state index contributed by atoms with van der Waals surface area (Å²) in [5.74, 6) is 0.380. The van der Waals surface area contributed by atoms with E-state index in [1.54, 1.807) is 19.2 Å². The van der Waals surface area contributed by atoms with Crippen LogP contribution in [0.15, 0.2) is 16.6 Å². The van der Waals surface area contributed by atoms with Gasteiger partial charge in [0.1, 0.15) is 11.6 Å². The van der Waals surface area contributed by atoms with Gasteiger partial charge in [0, 0.05) is 11.1 Å². The summed E-state index contributed by atoms with van der Waals surface area (Å²) in [6.07, 6.45) is 3.79. The fourth-order valence-electron chi connectivity index (χ4n) is 2.32. The first-order valence-corrected chi connectivity index (χ1v) is 6.18. The molecule has 0 aliphatic heterocycles. The second kappa shape index (κ2) is 4.34. The lowest BCUT2D eigenvalue weighted by atomic mass is 9.89. The molecule has 0 spiro atoms. The quantitative estimate of drug-likeness (QED) is 0.906. The molecule has 2 rings (SSSR count). The summed E-state index contributed by atoms with van der Waals surface area (Å²) >= 11 is 3.20. The van der Waals surface area contributed by atoms with Gasteiger partial charge < -0.3 is 10.5 Å². The van der Waals surface area contributed by atoms with Crippen LogP contribution in [-0.2, 0) is 5.54 Å². The van der Waals surface area contributed by atoms with Gasteiger partial charge in [0.2, 0.25) is 0 Å². The highest BCUT2D eigenvalue weighted by atomic mass is 79.9. The average molecular weight is 288 g/mol. The van der Waals surface area contributed by atoms with E-state index in [1.165, 1.54) is 0 Å². The summed E-state index contributed by atoms with van der Waals surface area (Å²) in [6, 6.07) is 3.34. The third kappa shape index (κ3) is 1.96. The molecule has 0 radical (unpaired) electrons. The monoisotopic (exact) mass is 287 g/mol. The molecule has 1 aliphatic rings. The Morgan fingerprint density at radius 1 is 1.38 bits per heavy atom. The molecule has 88 valence electrons. The van der Waals surface area contributed by atoms with E-state index in [-0.39, 0.29) is 5.82 Å². The molecule has 0 unspecified atom stereocenters. The summed E-state index contributed by atoms with van der Waals surface area (Å²) in [4.78, 5) is 0. The topological polar surface area (TPSA) is 35.2 Å².